The third kappa shape index (κ3) is 4.73. The molecule has 0 bridgehead atoms. The smallest absolute Gasteiger partial charge is 0.352 e. The molecule has 5 nitrogen and oxygen atoms in total. The maximum atomic E-state index is 12.9. The van der Waals surface area contributed by atoms with E-state index in [1.54, 1.807) is 6.07 Å². The summed E-state index contributed by atoms with van der Waals surface area (Å²) in [7, 11) is 0. The molecule has 1 amide bonds. The second kappa shape index (κ2) is 8.91. The van der Waals surface area contributed by atoms with E-state index < -0.39 is 11.7 Å². The largest absolute Gasteiger partial charge is 0.416 e. The van der Waals surface area contributed by atoms with Gasteiger partial charge in [0.25, 0.3) is 0 Å². The van der Waals surface area contributed by atoms with Gasteiger partial charge in [-0.2, -0.15) is 18.3 Å². The summed E-state index contributed by atoms with van der Waals surface area (Å²) in [5.74, 6) is -0.0960. The lowest BCUT2D eigenvalue weighted by Crippen LogP contribution is -2.36. The number of benzene rings is 2. The number of likely N-dealkylation sites (tertiary alicyclic amines) is 1. The fourth-order valence-electron chi connectivity index (χ4n) is 5.12. The Morgan fingerprint density at radius 3 is 2.62 bits per heavy atom. The standard InChI is InChI=1S/C26H27F3N4O/c27-26(28,29)21-8-4-5-18(13-21)15-30-24(34)22-14-25(22)9-11-33(12-10-25)17-20-16-31-32-23(20)19-6-2-1-3-7-19/h1-8,13,16,22H,9-12,14-15,17H2,(H,30,34)(H,31,32). The van der Waals surface area contributed by atoms with Crippen molar-refractivity contribution < 1.29 is 18.0 Å². The number of aromatic amines is 1. The van der Waals surface area contributed by atoms with Crippen LogP contribution in [0.1, 0.15) is 36.0 Å². The SMILES string of the molecule is O=C(NCc1cccc(C(F)(F)F)c1)C1CC12CCN(Cc1cn[nH]c1-c1ccccc1)CC2. The van der Waals surface area contributed by atoms with E-state index in [0.717, 1.165) is 67.9 Å². The van der Waals surface area contributed by atoms with Crippen LogP contribution in [0.4, 0.5) is 13.2 Å². The number of H-pyrrole nitrogens is 1. The number of piperidine rings is 1. The molecule has 2 aromatic carbocycles. The van der Waals surface area contributed by atoms with Crippen molar-refractivity contribution in [2.45, 2.75) is 38.5 Å². The molecular formula is C26H27F3N4O. The molecule has 8 heteroatoms. The van der Waals surface area contributed by atoms with Crippen molar-refractivity contribution in [1.29, 1.82) is 0 Å². The number of nitrogens with one attached hydrogen (secondary N) is 2. The van der Waals surface area contributed by atoms with Gasteiger partial charge in [-0.1, -0.05) is 42.5 Å². The predicted molar refractivity (Wildman–Crippen MR) is 122 cm³/mol. The highest BCUT2D eigenvalue weighted by Gasteiger charge is 2.58. The second-order valence-electron chi connectivity index (χ2n) is 9.45. The Balaban J connectivity index is 1.12. The monoisotopic (exact) mass is 468 g/mol. The van der Waals surface area contributed by atoms with Crippen molar-refractivity contribution in [1.82, 2.24) is 20.4 Å². The number of nitrogens with zero attached hydrogens (tertiary/aromatic N) is 2. The quantitative estimate of drug-likeness (QED) is 0.535. The van der Waals surface area contributed by atoms with E-state index in [9.17, 15) is 18.0 Å². The van der Waals surface area contributed by atoms with Crippen LogP contribution in [0.15, 0.2) is 60.8 Å². The molecule has 178 valence electrons. The van der Waals surface area contributed by atoms with Crippen LogP contribution in [0.3, 0.4) is 0 Å². The first-order valence-corrected chi connectivity index (χ1v) is 11.6. The van der Waals surface area contributed by atoms with E-state index in [-0.39, 0.29) is 23.8 Å². The Bertz CT molecular complexity index is 1150. The van der Waals surface area contributed by atoms with Crippen LogP contribution in [-0.2, 0) is 24.1 Å². The Kier molecular flexibility index (Phi) is 5.93. The van der Waals surface area contributed by atoms with Crippen LogP contribution >= 0.6 is 0 Å². The molecule has 2 N–H and O–H groups in total. The third-order valence-electron chi connectivity index (χ3n) is 7.25. The molecule has 5 rings (SSSR count). The van der Waals surface area contributed by atoms with Crippen LogP contribution in [0.5, 0.6) is 0 Å². The van der Waals surface area contributed by atoms with Gasteiger partial charge in [-0.15, -0.1) is 0 Å². The average Bonchev–Trinajstić information content (AvgIpc) is 3.34. The van der Waals surface area contributed by atoms with Gasteiger partial charge in [0.15, 0.2) is 0 Å². The van der Waals surface area contributed by atoms with Gasteiger partial charge in [0, 0.05) is 24.6 Å². The summed E-state index contributed by atoms with van der Waals surface area (Å²) in [6, 6.07) is 15.3. The number of carbonyl (C=O) groups excluding carboxylic acids is 1. The number of carbonyl (C=O) groups is 1. The topological polar surface area (TPSA) is 61.0 Å². The van der Waals surface area contributed by atoms with E-state index in [1.165, 1.54) is 6.07 Å². The Morgan fingerprint density at radius 1 is 1.12 bits per heavy atom. The van der Waals surface area contributed by atoms with Crippen molar-refractivity contribution >= 4 is 5.91 Å². The number of rotatable bonds is 6. The number of hydrogen-bond acceptors (Lipinski definition) is 3. The third-order valence-corrected chi connectivity index (χ3v) is 7.25. The van der Waals surface area contributed by atoms with Crippen molar-refractivity contribution in [3.05, 3.63) is 77.5 Å². The first-order chi connectivity index (χ1) is 16.3. The van der Waals surface area contributed by atoms with Gasteiger partial charge >= 0.3 is 6.18 Å². The summed E-state index contributed by atoms with van der Waals surface area (Å²) < 4.78 is 38.7. The summed E-state index contributed by atoms with van der Waals surface area (Å²) in [6.07, 6.45) is 0.261. The van der Waals surface area contributed by atoms with Crippen LogP contribution in [0.25, 0.3) is 11.3 Å². The van der Waals surface area contributed by atoms with Crippen molar-refractivity contribution in [3.8, 4) is 11.3 Å². The van der Waals surface area contributed by atoms with Crippen molar-refractivity contribution in [3.63, 3.8) is 0 Å². The van der Waals surface area contributed by atoms with Gasteiger partial charge in [-0.3, -0.25) is 14.8 Å². The lowest BCUT2D eigenvalue weighted by molar-refractivity contribution is -0.137. The molecule has 2 fully saturated rings. The van der Waals surface area contributed by atoms with Crippen LogP contribution < -0.4 is 5.32 Å². The van der Waals surface area contributed by atoms with Gasteiger partial charge in [0.05, 0.1) is 17.5 Å². The number of halogens is 3. The van der Waals surface area contributed by atoms with Gasteiger partial charge in [-0.05, 0) is 61.0 Å². The number of aromatic nitrogens is 2. The highest BCUT2D eigenvalue weighted by molar-refractivity contribution is 5.82. The minimum absolute atomic E-state index is 0.0348. The molecule has 2 aliphatic rings. The molecule has 1 spiro atoms. The summed E-state index contributed by atoms with van der Waals surface area (Å²) in [5.41, 5.74) is 3.12. The lowest BCUT2D eigenvalue weighted by Gasteiger charge is -2.32. The fourth-order valence-corrected chi connectivity index (χ4v) is 5.12. The van der Waals surface area contributed by atoms with E-state index >= 15 is 0 Å². The zero-order chi connectivity index (χ0) is 23.8. The molecule has 1 aliphatic carbocycles. The van der Waals surface area contributed by atoms with E-state index in [4.69, 9.17) is 0 Å². The maximum absolute atomic E-state index is 12.9. The number of amides is 1. The van der Waals surface area contributed by atoms with Gasteiger partial charge in [-0.25, -0.2) is 0 Å². The van der Waals surface area contributed by atoms with E-state index in [1.807, 2.05) is 24.4 Å². The zero-order valence-corrected chi connectivity index (χ0v) is 18.7. The number of alkyl halides is 3. The predicted octanol–water partition coefficient (Wildman–Crippen LogP) is 5.01. The van der Waals surface area contributed by atoms with Crippen LogP contribution in [0.2, 0.25) is 0 Å². The lowest BCUT2D eigenvalue weighted by atomic mass is 9.90. The van der Waals surface area contributed by atoms with E-state index in [0.29, 0.717) is 5.56 Å². The molecule has 1 aromatic heterocycles. The summed E-state index contributed by atoms with van der Waals surface area (Å²) in [6.45, 7) is 2.75. The molecule has 1 aliphatic heterocycles. The molecule has 1 unspecified atom stereocenters. The minimum atomic E-state index is -4.38. The minimum Gasteiger partial charge on any atom is -0.352 e. The molecule has 34 heavy (non-hydrogen) atoms. The molecule has 2 heterocycles. The molecule has 1 saturated carbocycles. The average molecular weight is 469 g/mol. The maximum Gasteiger partial charge on any atom is 0.416 e. The van der Waals surface area contributed by atoms with Crippen LogP contribution in [-0.4, -0.2) is 34.1 Å². The Morgan fingerprint density at radius 2 is 1.88 bits per heavy atom. The number of hydrogen-bond donors (Lipinski definition) is 2. The molecule has 1 saturated heterocycles. The normalized spacial score (nSPS) is 19.8. The second-order valence-corrected chi connectivity index (χ2v) is 9.45. The summed E-state index contributed by atoms with van der Waals surface area (Å²) >= 11 is 0. The highest BCUT2D eigenvalue weighted by atomic mass is 19.4. The fraction of sp³-hybridized carbons (Fsp3) is 0.385. The van der Waals surface area contributed by atoms with Gasteiger partial charge < -0.3 is 5.32 Å². The molecular weight excluding hydrogens is 441 g/mol. The van der Waals surface area contributed by atoms with Crippen molar-refractivity contribution in [2.24, 2.45) is 11.3 Å². The first-order valence-electron chi connectivity index (χ1n) is 11.6. The molecule has 3 aromatic rings. The van der Waals surface area contributed by atoms with E-state index in [2.05, 4.69) is 32.5 Å². The van der Waals surface area contributed by atoms with Crippen LogP contribution in [0, 0.1) is 11.3 Å². The Labute approximate surface area is 196 Å². The molecule has 1 atom stereocenters. The van der Waals surface area contributed by atoms with Crippen molar-refractivity contribution in [2.75, 3.05) is 13.1 Å². The zero-order valence-electron chi connectivity index (χ0n) is 18.7. The van der Waals surface area contributed by atoms with Gasteiger partial charge in [0.2, 0.25) is 5.91 Å². The molecule has 0 radical (unpaired) electrons. The summed E-state index contributed by atoms with van der Waals surface area (Å²) in [5, 5.41) is 10.2. The highest BCUT2D eigenvalue weighted by Crippen LogP contribution is 2.59. The van der Waals surface area contributed by atoms with Gasteiger partial charge in [0.1, 0.15) is 0 Å². The first kappa shape index (κ1) is 22.7. The Hall–Kier alpha value is -3.13. The summed E-state index contributed by atoms with van der Waals surface area (Å²) in [4.78, 5) is 15.1.